The third-order valence-corrected chi connectivity index (χ3v) is 4.66. The average molecular weight is 286 g/mol. The maximum atomic E-state index is 6.28. The molecule has 0 saturated heterocycles. The summed E-state index contributed by atoms with van der Waals surface area (Å²) in [5.41, 5.74) is 10.2. The van der Waals surface area contributed by atoms with Crippen molar-refractivity contribution in [3.8, 4) is 0 Å². The van der Waals surface area contributed by atoms with Crippen LogP contribution in [0.25, 0.3) is 0 Å². The highest BCUT2D eigenvalue weighted by atomic mass is 15.3. The Morgan fingerprint density at radius 1 is 1.38 bits per heavy atom. The van der Waals surface area contributed by atoms with Crippen LogP contribution in [0.5, 0.6) is 0 Å². The van der Waals surface area contributed by atoms with Crippen molar-refractivity contribution in [1.29, 1.82) is 0 Å². The Hall–Kier alpha value is -1.55. The van der Waals surface area contributed by atoms with E-state index < -0.39 is 0 Å². The molecule has 0 aliphatic heterocycles. The molecule has 0 bridgehead atoms. The van der Waals surface area contributed by atoms with E-state index in [4.69, 9.17) is 5.73 Å². The topological polar surface area (TPSA) is 48.8 Å². The summed E-state index contributed by atoms with van der Waals surface area (Å²) >= 11 is 0. The van der Waals surface area contributed by atoms with Crippen molar-refractivity contribution in [1.82, 2.24) is 14.3 Å². The molecular weight excluding hydrogens is 260 g/mol. The van der Waals surface area contributed by atoms with Gasteiger partial charge in [-0.15, -0.1) is 0 Å². The predicted molar refractivity (Wildman–Crippen MR) is 85.2 cm³/mol. The van der Waals surface area contributed by atoms with Crippen LogP contribution in [-0.4, -0.2) is 14.3 Å². The summed E-state index contributed by atoms with van der Waals surface area (Å²) in [7, 11) is 0. The summed E-state index contributed by atoms with van der Waals surface area (Å²) in [6, 6.07) is 2.80. The van der Waals surface area contributed by atoms with Gasteiger partial charge in [-0.3, -0.25) is 4.68 Å². The molecule has 0 fully saturated rings. The van der Waals surface area contributed by atoms with Gasteiger partial charge in [-0.1, -0.05) is 13.3 Å². The standard InChI is InChI=1S/C17H26N4/c1-3-13(2)21-9-8-15(19-21)11-20-10-14-6-4-5-7-17(18)16(14)12-20/h8-10,12-13,17H,3-7,11,18H2,1-2H3. The van der Waals surface area contributed by atoms with Gasteiger partial charge in [0.2, 0.25) is 0 Å². The van der Waals surface area contributed by atoms with Crippen LogP contribution >= 0.6 is 0 Å². The Bertz CT molecular complexity index is 596. The molecule has 2 atom stereocenters. The lowest BCUT2D eigenvalue weighted by atomic mass is 10.1. The van der Waals surface area contributed by atoms with Crippen LogP contribution in [0.2, 0.25) is 0 Å². The van der Waals surface area contributed by atoms with Gasteiger partial charge in [0.1, 0.15) is 0 Å². The molecule has 1 aliphatic rings. The summed E-state index contributed by atoms with van der Waals surface area (Å²) in [4.78, 5) is 0. The molecule has 3 rings (SSSR count). The summed E-state index contributed by atoms with van der Waals surface area (Å²) in [5.74, 6) is 0. The number of hydrogen-bond acceptors (Lipinski definition) is 2. The fraction of sp³-hybridized carbons (Fsp3) is 0.588. The first-order valence-electron chi connectivity index (χ1n) is 8.15. The highest BCUT2D eigenvalue weighted by molar-refractivity contribution is 5.29. The zero-order valence-corrected chi connectivity index (χ0v) is 13.1. The quantitative estimate of drug-likeness (QED) is 0.875. The van der Waals surface area contributed by atoms with Crippen molar-refractivity contribution >= 4 is 0 Å². The van der Waals surface area contributed by atoms with Crippen molar-refractivity contribution < 1.29 is 0 Å². The minimum atomic E-state index is 0.210. The Labute approximate surface area is 126 Å². The summed E-state index contributed by atoms with van der Waals surface area (Å²) in [6.45, 7) is 5.23. The molecule has 2 aromatic rings. The summed E-state index contributed by atoms with van der Waals surface area (Å²) < 4.78 is 4.31. The molecule has 2 aromatic heterocycles. The molecule has 4 heteroatoms. The molecular formula is C17H26N4. The number of nitrogens with two attached hydrogens (primary N) is 1. The van der Waals surface area contributed by atoms with E-state index in [0.717, 1.165) is 31.5 Å². The lowest BCUT2D eigenvalue weighted by Gasteiger charge is -2.08. The highest BCUT2D eigenvalue weighted by Crippen LogP contribution is 2.27. The SMILES string of the molecule is CCC(C)n1ccc(Cn2cc3c(c2)C(N)CCCC3)n1. The maximum absolute atomic E-state index is 6.28. The maximum Gasteiger partial charge on any atom is 0.0821 e. The third kappa shape index (κ3) is 3.05. The molecule has 21 heavy (non-hydrogen) atoms. The molecule has 0 spiro atoms. The molecule has 0 amide bonds. The number of rotatable bonds is 4. The first-order valence-corrected chi connectivity index (χ1v) is 8.15. The molecule has 2 unspecified atom stereocenters. The van der Waals surface area contributed by atoms with Gasteiger partial charge in [0.15, 0.2) is 0 Å². The first kappa shape index (κ1) is 14.4. The van der Waals surface area contributed by atoms with Crippen molar-refractivity contribution in [2.45, 2.75) is 64.6 Å². The zero-order valence-electron chi connectivity index (χ0n) is 13.1. The van der Waals surface area contributed by atoms with Crippen LogP contribution in [0.15, 0.2) is 24.7 Å². The molecule has 2 heterocycles. The molecule has 0 radical (unpaired) electrons. The summed E-state index contributed by atoms with van der Waals surface area (Å²) in [5, 5.41) is 4.68. The predicted octanol–water partition coefficient (Wildman–Crippen LogP) is 3.43. The molecule has 0 saturated carbocycles. The van der Waals surface area contributed by atoms with E-state index in [0.29, 0.717) is 6.04 Å². The van der Waals surface area contributed by atoms with Gasteiger partial charge in [-0.05, 0) is 49.8 Å². The Morgan fingerprint density at radius 2 is 2.24 bits per heavy atom. The Kier molecular flexibility index (Phi) is 4.15. The van der Waals surface area contributed by atoms with Gasteiger partial charge in [-0.25, -0.2) is 0 Å². The highest BCUT2D eigenvalue weighted by Gasteiger charge is 2.17. The van der Waals surface area contributed by atoms with E-state index in [1.807, 2.05) is 0 Å². The molecule has 1 aliphatic carbocycles. The monoisotopic (exact) mass is 286 g/mol. The zero-order chi connectivity index (χ0) is 14.8. The normalized spacial score (nSPS) is 20.0. The van der Waals surface area contributed by atoms with E-state index in [9.17, 15) is 0 Å². The van der Waals surface area contributed by atoms with E-state index in [2.05, 4.69) is 52.9 Å². The number of nitrogens with zero attached hydrogens (tertiary/aromatic N) is 3. The molecule has 114 valence electrons. The fourth-order valence-corrected chi connectivity index (χ4v) is 3.12. The van der Waals surface area contributed by atoms with Crippen molar-refractivity contribution in [3.05, 3.63) is 41.5 Å². The number of aromatic nitrogens is 3. The lowest BCUT2D eigenvalue weighted by molar-refractivity contribution is 0.472. The van der Waals surface area contributed by atoms with Gasteiger partial charge >= 0.3 is 0 Å². The van der Waals surface area contributed by atoms with Gasteiger partial charge in [0, 0.05) is 30.7 Å². The molecule has 0 aromatic carbocycles. The van der Waals surface area contributed by atoms with Crippen LogP contribution in [0.1, 0.15) is 68.4 Å². The molecule has 4 nitrogen and oxygen atoms in total. The van der Waals surface area contributed by atoms with Crippen LogP contribution in [0.3, 0.4) is 0 Å². The van der Waals surface area contributed by atoms with Gasteiger partial charge in [-0.2, -0.15) is 5.10 Å². The minimum absolute atomic E-state index is 0.210. The average Bonchev–Trinajstić information content (AvgIpc) is 3.06. The van der Waals surface area contributed by atoms with Crippen molar-refractivity contribution in [2.24, 2.45) is 5.73 Å². The van der Waals surface area contributed by atoms with E-state index in [1.54, 1.807) is 0 Å². The van der Waals surface area contributed by atoms with Crippen LogP contribution < -0.4 is 5.73 Å². The summed E-state index contributed by atoms with van der Waals surface area (Å²) in [6.07, 6.45) is 12.5. The first-order chi connectivity index (χ1) is 10.2. The van der Waals surface area contributed by atoms with E-state index in [-0.39, 0.29) is 6.04 Å². The van der Waals surface area contributed by atoms with E-state index >= 15 is 0 Å². The number of hydrogen-bond donors (Lipinski definition) is 1. The second kappa shape index (κ2) is 6.06. The Morgan fingerprint density at radius 3 is 3.05 bits per heavy atom. The number of aryl methyl sites for hydroxylation is 1. The second-order valence-electron chi connectivity index (χ2n) is 6.31. The van der Waals surface area contributed by atoms with Crippen molar-refractivity contribution in [3.63, 3.8) is 0 Å². The Balaban J connectivity index is 1.76. The smallest absolute Gasteiger partial charge is 0.0821 e. The van der Waals surface area contributed by atoms with Gasteiger partial charge in [0.25, 0.3) is 0 Å². The molecule has 2 N–H and O–H groups in total. The van der Waals surface area contributed by atoms with Crippen LogP contribution in [0.4, 0.5) is 0 Å². The fourth-order valence-electron chi connectivity index (χ4n) is 3.12. The van der Waals surface area contributed by atoms with Gasteiger partial charge < -0.3 is 10.3 Å². The van der Waals surface area contributed by atoms with E-state index in [1.165, 1.54) is 24.0 Å². The van der Waals surface area contributed by atoms with Gasteiger partial charge in [0.05, 0.1) is 12.2 Å². The number of fused-ring (bicyclic) bond motifs is 1. The van der Waals surface area contributed by atoms with Crippen molar-refractivity contribution in [2.75, 3.05) is 0 Å². The van der Waals surface area contributed by atoms with Crippen LogP contribution in [0, 0.1) is 0 Å². The largest absolute Gasteiger partial charge is 0.348 e. The van der Waals surface area contributed by atoms with Crippen LogP contribution in [-0.2, 0) is 13.0 Å². The third-order valence-electron chi connectivity index (χ3n) is 4.66. The minimum Gasteiger partial charge on any atom is -0.348 e. The lowest BCUT2D eigenvalue weighted by Crippen LogP contribution is -2.09. The second-order valence-corrected chi connectivity index (χ2v) is 6.31.